The molecule has 6 heteroatoms. The van der Waals surface area contributed by atoms with E-state index in [-0.39, 0.29) is 29.3 Å². The van der Waals surface area contributed by atoms with Crippen molar-refractivity contribution in [2.45, 2.75) is 46.1 Å². The van der Waals surface area contributed by atoms with Crippen molar-refractivity contribution >= 4 is 23.4 Å². The summed E-state index contributed by atoms with van der Waals surface area (Å²) in [6.45, 7) is 6.54. The van der Waals surface area contributed by atoms with Gasteiger partial charge in [0.05, 0.1) is 29.5 Å². The molecule has 0 aromatic heterocycles. The molecule has 1 atom stereocenters. The molecule has 0 spiro atoms. The van der Waals surface area contributed by atoms with Crippen molar-refractivity contribution in [2.75, 3.05) is 11.5 Å². The van der Waals surface area contributed by atoms with Gasteiger partial charge in [-0.2, -0.15) is 0 Å². The van der Waals surface area contributed by atoms with Crippen molar-refractivity contribution < 1.29 is 19.1 Å². The van der Waals surface area contributed by atoms with Gasteiger partial charge in [-0.1, -0.05) is 49.7 Å². The molecule has 2 aliphatic heterocycles. The first-order valence-electron chi connectivity index (χ1n) is 12.1. The fourth-order valence-electron chi connectivity index (χ4n) is 4.99. The molecule has 0 saturated carbocycles. The number of hydrogen-bond donors (Lipinski definition) is 1. The summed E-state index contributed by atoms with van der Waals surface area (Å²) in [5.41, 5.74) is 5.55. The van der Waals surface area contributed by atoms with Crippen LogP contribution in [0.4, 0.5) is 5.69 Å². The minimum absolute atomic E-state index is 0.184. The molecule has 6 nitrogen and oxygen atoms in total. The molecule has 3 aromatic rings. The quantitative estimate of drug-likeness (QED) is 0.524. The van der Waals surface area contributed by atoms with Crippen molar-refractivity contribution in [2.24, 2.45) is 0 Å². The highest BCUT2D eigenvalue weighted by atomic mass is 16.5. The molecule has 3 aromatic carbocycles. The van der Waals surface area contributed by atoms with Gasteiger partial charge in [-0.05, 0) is 55.2 Å². The van der Waals surface area contributed by atoms with Gasteiger partial charge >= 0.3 is 0 Å². The van der Waals surface area contributed by atoms with E-state index in [9.17, 15) is 14.4 Å². The first-order chi connectivity index (χ1) is 16.9. The molecule has 178 valence electrons. The first kappa shape index (κ1) is 22.8. The highest BCUT2D eigenvalue weighted by molar-refractivity contribution is 6.35. The van der Waals surface area contributed by atoms with Crippen molar-refractivity contribution in [3.05, 3.63) is 93.5 Å². The maximum Gasteiger partial charge on any atom is 0.266 e. The van der Waals surface area contributed by atoms with E-state index < -0.39 is 0 Å². The lowest BCUT2D eigenvalue weighted by Gasteiger charge is -2.27. The van der Waals surface area contributed by atoms with Crippen LogP contribution in [-0.4, -0.2) is 24.3 Å². The SMILES string of the molecule is CCc1cccc(CC)c1N1C(=O)c2ccc(C(=O)NC3CCOc4ccc(C)cc43)cc2C1=O. The molecule has 2 aliphatic rings. The predicted molar refractivity (Wildman–Crippen MR) is 134 cm³/mol. The van der Waals surface area contributed by atoms with Gasteiger partial charge in [-0.3, -0.25) is 14.4 Å². The molecule has 35 heavy (non-hydrogen) atoms. The Balaban J connectivity index is 1.45. The smallest absolute Gasteiger partial charge is 0.266 e. The summed E-state index contributed by atoms with van der Waals surface area (Å²) in [6, 6.07) is 16.4. The minimum Gasteiger partial charge on any atom is -0.493 e. The van der Waals surface area contributed by atoms with Gasteiger partial charge in [-0.25, -0.2) is 4.90 Å². The Bertz CT molecular complexity index is 1340. The van der Waals surface area contributed by atoms with Crippen LogP contribution in [0, 0.1) is 6.92 Å². The minimum atomic E-state index is -0.387. The third kappa shape index (κ3) is 3.89. The van der Waals surface area contributed by atoms with Crippen molar-refractivity contribution in [3.8, 4) is 5.75 Å². The second kappa shape index (κ2) is 9.02. The summed E-state index contributed by atoms with van der Waals surface area (Å²) in [4.78, 5) is 41.2. The van der Waals surface area contributed by atoms with E-state index in [1.165, 1.54) is 4.90 Å². The zero-order chi connectivity index (χ0) is 24.7. The van der Waals surface area contributed by atoms with Gasteiger partial charge < -0.3 is 10.1 Å². The Morgan fingerprint density at radius 3 is 2.40 bits per heavy atom. The summed E-state index contributed by atoms with van der Waals surface area (Å²) in [7, 11) is 0. The van der Waals surface area contributed by atoms with Crippen LogP contribution in [0.1, 0.15) is 79.6 Å². The van der Waals surface area contributed by atoms with Crippen LogP contribution in [0.3, 0.4) is 0 Å². The van der Waals surface area contributed by atoms with E-state index in [0.29, 0.717) is 42.7 Å². The maximum atomic E-state index is 13.5. The lowest BCUT2D eigenvalue weighted by Crippen LogP contribution is -2.32. The summed E-state index contributed by atoms with van der Waals surface area (Å²) in [5, 5.41) is 3.09. The number of benzene rings is 3. The lowest BCUT2D eigenvalue weighted by atomic mass is 9.98. The number of carbonyl (C=O) groups excluding carboxylic acids is 3. The molecule has 3 amide bonds. The number of rotatable bonds is 5. The summed E-state index contributed by atoms with van der Waals surface area (Å²) in [6.07, 6.45) is 2.07. The van der Waals surface area contributed by atoms with Crippen LogP contribution in [0.2, 0.25) is 0 Å². The topological polar surface area (TPSA) is 75.7 Å². The lowest BCUT2D eigenvalue weighted by molar-refractivity contribution is 0.0916. The molecule has 1 N–H and O–H groups in total. The normalized spacial score (nSPS) is 16.5. The molecule has 1 unspecified atom stereocenters. The monoisotopic (exact) mass is 468 g/mol. The van der Waals surface area contributed by atoms with Crippen LogP contribution in [0.25, 0.3) is 0 Å². The van der Waals surface area contributed by atoms with E-state index in [4.69, 9.17) is 4.74 Å². The Labute approximate surface area is 204 Å². The molecule has 0 fully saturated rings. The third-order valence-corrected chi connectivity index (χ3v) is 6.85. The highest BCUT2D eigenvalue weighted by Crippen LogP contribution is 2.36. The molecular weight excluding hydrogens is 440 g/mol. The largest absolute Gasteiger partial charge is 0.493 e. The van der Waals surface area contributed by atoms with E-state index in [0.717, 1.165) is 28.0 Å². The second-order valence-electron chi connectivity index (χ2n) is 9.04. The van der Waals surface area contributed by atoms with Gasteiger partial charge in [0.15, 0.2) is 0 Å². The van der Waals surface area contributed by atoms with Gasteiger partial charge in [0, 0.05) is 17.5 Å². The molecule has 2 heterocycles. The average molecular weight is 469 g/mol. The fraction of sp³-hybridized carbons (Fsp3) is 0.276. The van der Waals surface area contributed by atoms with E-state index in [1.54, 1.807) is 18.2 Å². The molecule has 0 aliphatic carbocycles. The molecule has 5 rings (SSSR count). The van der Waals surface area contributed by atoms with Crippen LogP contribution in [0.15, 0.2) is 54.6 Å². The van der Waals surface area contributed by atoms with Crippen LogP contribution in [0.5, 0.6) is 5.75 Å². The zero-order valence-electron chi connectivity index (χ0n) is 20.2. The Kier molecular flexibility index (Phi) is 5.89. The summed E-state index contributed by atoms with van der Waals surface area (Å²) >= 11 is 0. The number of nitrogens with one attached hydrogen (secondary N) is 1. The fourth-order valence-corrected chi connectivity index (χ4v) is 4.99. The molecule has 0 radical (unpaired) electrons. The van der Waals surface area contributed by atoms with Crippen molar-refractivity contribution in [1.82, 2.24) is 5.32 Å². The number of aryl methyl sites for hydroxylation is 3. The van der Waals surface area contributed by atoms with Crippen LogP contribution in [-0.2, 0) is 12.8 Å². The summed E-state index contributed by atoms with van der Waals surface area (Å²) < 4.78 is 5.73. The molecule has 0 bridgehead atoms. The third-order valence-electron chi connectivity index (χ3n) is 6.85. The number of fused-ring (bicyclic) bond motifs is 2. The number of carbonyl (C=O) groups is 3. The zero-order valence-corrected chi connectivity index (χ0v) is 20.2. The standard InChI is InChI=1S/C29H28N2O4/c1-4-18-7-6-8-19(5-2)26(18)31-28(33)21-11-10-20(16-22(21)29(31)34)27(32)30-24-13-14-35-25-12-9-17(3)15-23(24)25/h6-12,15-16,24H,4-5,13-14H2,1-3H3,(H,30,32). The van der Waals surface area contributed by atoms with Crippen LogP contribution >= 0.6 is 0 Å². The number of nitrogens with zero attached hydrogens (tertiary/aromatic N) is 1. The molecular formula is C29H28N2O4. The Hall–Kier alpha value is -3.93. The van der Waals surface area contributed by atoms with Gasteiger partial charge in [-0.15, -0.1) is 0 Å². The Morgan fingerprint density at radius 1 is 0.971 bits per heavy atom. The number of ether oxygens (including phenoxy) is 1. The van der Waals surface area contributed by atoms with Crippen LogP contribution < -0.4 is 15.0 Å². The summed E-state index contributed by atoms with van der Waals surface area (Å²) in [5.74, 6) is -0.239. The van der Waals surface area contributed by atoms with E-state index in [2.05, 4.69) is 5.32 Å². The number of imide groups is 1. The number of amides is 3. The highest BCUT2D eigenvalue weighted by Gasteiger charge is 2.39. The second-order valence-corrected chi connectivity index (χ2v) is 9.04. The van der Waals surface area contributed by atoms with Gasteiger partial charge in [0.1, 0.15) is 5.75 Å². The number of anilines is 1. The van der Waals surface area contributed by atoms with E-state index in [1.807, 2.05) is 57.2 Å². The molecule has 0 saturated heterocycles. The maximum absolute atomic E-state index is 13.5. The number of hydrogen-bond acceptors (Lipinski definition) is 4. The van der Waals surface area contributed by atoms with Gasteiger partial charge in [0.2, 0.25) is 0 Å². The van der Waals surface area contributed by atoms with Crippen molar-refractivity contribution in [3.63, 3.8) is 0 Å². The first-order valence-corrected chi connectivity index (χ1v) is 12.1. The number of para-hydroxylation sites is 1. The van der Waals surface area contributed by atoms with Crippen molar-refractivity contribution in [1.29, 1.82) is 0 Å². The average Bonchev–Trinajstić information content (AvgIpc) is 3.12. The predicted octanol–water partition coefficient (Wildman–Crippen LogP) is 5.17. The van der Waals surface area contributed by atoms with Gasteiger partial charge in [0.25, 0.3) is 17.7 Å². The van der Waals surface area contributed by atoms with E-state index >= 15 is 0 Å². The Morgan fingerprint density at radius 2 is 1.69 bits per heavy atom.